The van der Waals surface area contributed by atoms with E-state index in [4.69, 9.17) is 0 Å². The summed E-state index contributed by atoms with van der Waals surface area (Å²) in [5.41, 5.74) is 2.90. The van der Waals surface area contributed by atoms with Crippen molar-refractivity contribution in [3.63, 3.8) is 0 Å². The van der Waals surface area contributed by atoms with Crippen molar-refractivity contribution in [2.24, 2.45) is 4.99 Å². The van der Waals surface area contributed by atoms with Gasteiger partial charge in [0, 0.05) is 45.3 Å². The number of rotatable bonds is 6. The Bertz CT molecular complexity index is 836. The van der Waals surface area contributed by atoms with Gasteiger partial charge in [-0.3, -0.25) is 4.99 Å². The molecule has 29 heavy (non-hydrogen) atoms. The van der Waals surface area contributed by atoms with Gasteiger partial charge in [-0.05, 0) is 43.8 Å². The van der Waals surface area contributed by atoms with Gasteiger partial charge in [-0.2, -0.15) is 0 Å². The lowest BCUT2D eigenvalue weighted by molar-refractivity contribution is 0.402. The van der Waals surface area contributed by atoms with Crippen molar-refractivity contribution < 1.29 is 8.78 Å². The van der Waals surface area contributed by atoms with E-state index in [1.807, 2.05) is 4.90 Å². The van der Waals surface area contributed by atoms with Crippen LogP contribution in [-0.4, -0.2) is 51.1 Å². The van der Waals surface area contributed by atoms with Gasteiger partial charge in [0.2, 0.25) is 0 Å². The molecule has 7 heteroatoms. The number of nitrogens with one attached hydrogen (secondary N) is 2. The predicted molar refractivity (Wildman–Crippen MR) is 114 cm³/mol. The fourth-order valence-corrected chi connectivity index (χ4v) is 3.54. The second-order valence-corrected chi connectivity index (χ2v) is 7.65. The van der Waals surface area contributed by atoms with E-state index in [9.17, 15) is 8.78 Å². The Balaban J connectivity index is 1.50. The molecule has 0 aliphatic carbocycles. The minimum Gasteiger partial charge on any atom is -0.367 e. The van der Waals surface area contributed by atoms with Crippen LogP contribution in [-0.2, 0) is 13.1 Å². The highest BCUT2D eigenvalue weighted by atomic mass is 19.1. The van der Waals surface area contributed by atoms with Crippen LogP contribution in [0, 0.1) is 11.6 Å². The molecule has 5 nitrogen and oxygen atoms in total. The smallest absolute Gasteiger partial charge is 0.191 e. The van der Waals surface area contributed by atoms with E-state index in [0.717, 1.165) is 19.0 Å². The first-order chi connectivity index (χ1) is 13.9. The van der Waals surface area contributed by atoms with Crippen molar-refractivity contribution >= 4 is 11.6 Å². The Kier molecular flexibility index (Phi) is 7.04. The van der Waals surface area contributed by atoms with Gasteiger partial charge in [0.15, 0.2) is 5.96 Å². The zero-order valence-corrected chi connectivity index (χ0v) is 17.3. The lowest BCUT2D eigenvalue weighted by Gasteiger charge is -2.21. The van der Waals surface area contributed by atoms with Crippen LogP contribution in [0.4, 0.5) is 14.5 Å². The molecular weight excluding hydrogens is 372 g/mol. The molecule has 156 valence electrons. The first-order valence-corrected chi connectivity index (χ1v) is 9.84. The van der Waals surface area contributed by atoms with E-state index in [-0.39, 0.29) is 6.04 Å². The van der Waals surface area contributed by atoms with Gasteiger partial charge in [0.1, 0.15) is 11.6 Å². The van der Waals surface area contributed by atoms with Gasteiger partial charge in [0.25, 0.3) is 0 Å². The zero-order valence-electron chi connectivity index (χ0n) is 17.3. The average molecular weight is 402 g/mol. The summed E-state index contributed by atoms with van der Waals surface area (Å²) in [6.07, 6.45) is 0.858. The molecule has 2 N–H and O–H groups in total. The Labute approximate surface area is 171 Å². The molecule has 0 aromatic heterocycles. The molecule has 0 saturated carbocycles. The fraction of sp³-hybridized carbons (Fsp3) is 0.409. The minimum atomic E-state index is -0.556. The highest BCUT2D eigenvalue weighted by Crippen LogP contribution is 2.24. The summed E-state index contributed by atoms with van der Waals surface area (Å²) < 4.78 is 27.2. The van der Waals surface area contributed by atoms with Gasteiger partial charge in [-0.1, -0.05) is 24.3 Å². The van der Waals surface area contributed by atoms with Crippen molar-refractivity contribution in [2.75, 3.05) is 39.1 Å². The maximum atomic E-state index is 14.0. The van der Waals surface area contributed by atoms with Crippen LogP contribution in [0.3, 0.4) is 0 Å². The molecule has 0 amide bonds. The van der Waals surface area contributed by atoms with E-state index in [0.29, 0.717) is 31.3 Å². The Morgan fingerprint density at radius 1 is 1.14 bits per heavy atom. The van der Waals surface area contributed by atoms with Crippen LogP contribution < -0.4 is 15.5 Å². The summed E-state index contributed by atoms with van der Waals surface area (Å²) in [5, 5.41) is 6.73. The second-order valence-electron chi connectivity index (χ2n) is 7.65. The van der Waals surface area contributed by atoms with Gasteiger partial charge in [0.05, 0.1) is 5.69 Å². The molecule has 1 heterocycles. The van der Waals surface area contributed by atoms with Gasteiger partial charge < -0.3 is 20.4 Å². The topological polar surface area (TPSA) is 42.9 Å². The average Bonchev–Trinajstić information content (AvgIpc) is 3.14. The van der Waals surface area contributed by atoms with E-state index in [2.05, 4.69) is 58.9 Å². The zero-order chi connectivity index (χ0) is 20.8. The number of benzene rings is 2. The van der Waals surface area contributed by atoms with Crippen LogP contribution in [0.1, 0.15) is 17.5 Å². The molecule has 2 aromatic rings. The third-order valence-corrected chi connectivity index (χ3v) is 4.98. The SMILES string of the molecule is CN=C(NCc1ccc(CN(C)C)cc1)NC1CCN(c2ccc(F)cc2F)C1. The maximum absolute atomic E-state index is 14.0. The Morgan fingerprint density at radius 2 is 1.86 bits per heavy atom. The summed E-state index contributed by atoms with van der Waals surface area (Å²) >= 11 is 0. The maximum Gasteiger partial charge on any atom is 0.191 e. The highest BCUT2D eigenvalue weighted by molar-refractivity contribution is 5.80. The summed E-state index contributed by atoms with van der Waals surface area (Å²) in [6, 6.07) is 12.4. The van der Waals surface area contributed by atoms with E-state index < -0.39 is 11.6 Å². The van der Waals surface area contributed by atoms with Crippen molar-refractivity contribution in [1.82, 2.24) is 15.5 Å². The summed E-state index contributed by atoms with van der Waals surface area (Å²) in [6.45, 7) is 2.95. The summed E-state index contributed by atoms with van der Waals surface area (Å²) in [4.78, 5) is 8.37. The quantitative estimate of drug-likeness (QED) is 0.577. The molecule has 0 spiro atoms. The number of hydrogen-bond acceptors (Lipinski definition) is 3. The summed E-state index contributed by atoms with van der Waals surface area (Å²) in [5.74, 6) is -0.362. The molecule has 3 rings (SSSR count). The molecular formula is C22H29F2N5. The molecule has 1 saturated heterocycles. The van der Waals surface area contributed by atoms with Gasteiger partial charge in [-0.15, -0.1) is 0 Å². The molecule has 1 atom stereocenters. The first kappa shape index (κ1) is 21.0. The normalized spacial score (nSPS) is 17.1. The van der Waals surface area contributed by atoms with Crippen LogP contribution in [0.2, 0.25) is 0 Å². The molecule has 0 bridgehead atoms. The van der Waals surface area contributed by atoms with Gasteiger partial charge in [-0.25, -0.2) is 8.78 Å². The molecule has 1 fully saturated rings. The number of guanidine groups is 1. The first-order valence-electron chi connectivity index (χ1n) is 9.84. The third kappa shape index (κ3) is 5.90. The number of nitrogens with zero attached hydrogens (tertiary/aromatic N) is 3. The Morgan fingerprint density at radius 3 is 2.52 bits per heavy atom. The number of aliphatic imine (C=N–C) groups is 1. The van der Waals surface area contributed by atoms with Crippen molar-refractivity contribution in [3.05, 3.63) is 65.2 Å². The highest BCUT2D eigenvalue weighted by Gasteiger charge is 2.25. The van der Waals surface area contributed by atoms with Crippen LogP contribution in [0.25, 0.3) is 0 Å². The number of halogens is 2. The van der Waals surface area contributed by atoms with Crippen LogP contribution in [0.15, 0.2) is 47.5 Å². The van der Waals surface area contributed by atoms with Crippen molar-refractivity contribution in [2.45, 2.75) is 25.6 Å². The summed E-state index contributed by atoms with van der Waals surface area (Å²) in [7, 11) is 5.85. The van der Waals surface area contributed by atoms with Crippen molar-refractivity contribution in [3.8, 4) is 0 Å². The monoisotopic (exact) mass is 401 g/mol. The van der Waals surface area contributed by atoms with Crippen LogP contribution >= 0.6 is 0 Å². The van der Waals surface area contributed by atoms with Crippen LogP contribution in [0.5, 0.6) is 0 Å². The second kappa shape index (κ2) is 9.69. The van der Waals surface area contributed by atoms with Gasteiger partial charge >= 0.3 is 0 Å². The molecule has 1 aliphatic heterocycles. The molecule has 1 aliphatic rings. The largest absolute Gasteiger partial charge is 0.367 e. The minimum absolute atomic E-state index is 0.146. The lowest BCUT2D eigenvalue weighted by Crippen LogP contribution is -2.44. The lowest BCUT2D eigenvalue weighted by atomic mass is 10.1. The van der Waals surface area contributed by atoms with Crippen molar-refractivity contribution in [1.29, 1.82) is 0 Å². The fourth-order valence-electron chi connectivity index (χ4n) is 3.54. The third-order valence-electron chi connectivity index (χ3n) is 4.98. The standard InChI is InChI=1S/C22H29F2N5/c1-25-22(26-13-16-4-6-17(7-5-16)14-28(2)3)27-19-10-11-29(15-19)21-9-8-18(23)12-20(21)24/h4-9,12,19H,10-11,13-15H2,1-3H3,(H2,25,26,27). The van der Waals surface area contributed by atoms with E-state index in [1.54, 1.807) is 7.05 Å². The molecule has 2 aromatic carbocycles. The van der Waals surface area contributed by atoms with E-state index in [1.165, 1.54) is 23.3 Å². The predicted octanol–water partition coefficient (Wildman–Crippen LogP) is 2.97. The number of hydrogen-bond donors (Lipinski definition) is 2. The number of anilines is 1. The molecule has 0 radical (unpaired) electrons. The Hall–Kier alpha value is -2.67. The van der Waals surface area contributed by atoms with E-state index >= 15 is 0 Å². The molecule has 1 unspecified atom stereocenters.